The second-order valence-corrected chi connectivity index (χ2v) is 6.80. The number of benzene rings is 2. The minimum absolute atomic E-state index is 0.0642. The summed E-state index contributed by atoms with van der Waals surface area (Å²) in [7, 11) is 0. The summed E-state index contributed by atoms with van der Waals surface area (Å²) in [6, 6.07) is 13.8. The van der Waals surface area contributed by atoms with Gasteiger partial charge in [0.15, 0.2) is 5.69 Å². The van der Waals surface area contributed by atoms with Crippen molar-refractivity contribution in [1.29, 1.82) is 0 Å². The number of non-ortho nitro benzene ring substituents is 1. The molecule has 2 aromatic carbocycles. The molecule has 4 rings (SSSR count). The van der Waals surface area contributed by atoms with Gasteiger partial charge in [0.1, 0.15) is 12.7 Å². The molecule has 0 unspecified atom stereocenters. The van der Waals surface area contributed by atoms with Crippen molar-refractivity contribution < 1.29 is 9.72 Å². The maximum atomic E-state index is 12.6. The van der Waals surface area contributed by atoms with Gasteiger partial charge in [-0.1, -0.05) is 35.5 Å². The Kier molecular flexibility index (Phi) is 5.47. The van der Waals surface area contributed by atoms with Crippen LogP contribution in [0.25, 0.3) is 5.69 Å². The summed E-state index contributed by atoms with van der Waals surface area (Å²) in [6.07, 6.45) is 3.14. The highest BCUT2D eigenvalue weighted by atomic mass is 16.6. The number of hydrogen-bond acceptors (Lipinski definition) is 7. The van der Waals surface area contributed by atoms with Gasteiger partial charge in [-0.15, -0.1) is 5.10 Å². The average molecular weight is 418 g/mol. The molecule has 156 valence electrons. The summed E-state index contributed by atoms with van der Waals surface area (Å²) in [5.74, 6) is -0.374. The van der Waals surface area contributed by atoms with E-state index in [0.29, 0.717) is 24.5 Å². The van der Waals surface area contributed by atoms with E-state index in [1.54, 1.807) is 30.1 Å². The van der Waals surface area contributed by atoms with Crippen LogP contribution in [-0.4, -0.2) is 40.6 Å². The van der Waals surface area contributed by atoms with Crippen LogP contribution in [0, 0.1) is 17.0 Å². The van der Waals surface area contributed by atoms with Gasteiger partial charge < -0.3 is 5.32 Å². The van der Waals surface area contributed by atoms with Crippen LogP contribution in [0.4, 0.5) is 5.69 Å². The van der Waals surface area contributed by atoms with E-state index in [-0.39, 0.29) is 17.3 Å². The van der Waals surface area contributed by atoms with Gasteiger partial charge in [-0.2, -0.15) is 5.10 Å². The lowest BCUT2D eigenvalue weighted by molar-refractivity contribution is -0.384. The maximum Gasteiger partial charge on any atom is 0.274 e. The highest BCUT2D eigenvalue weighted by molar-refractivity contribution is 5.93. The van der Waals surface area contributed by atoms with Crippen LogP contribution in [0.5, 0.6) is 0 Å². The molecule has 0 aliphatic carbocycles. The number of amides is 1. The summed E-state index contributed by atoms with van der Waals surface area (Å²) < 4.78 is 3.13. The maximum absolute atomic E-state index is 12.6. The summed E-state index contributed by atoms with van der Waals surface area (Å²) >= 11 is 0. The van der Waals surface area contributed by atoms with Crippen molar-refractivity contribution in [2.24, 2.45) is 0 Å². The quantitative estimate of drug-likeness (QED) is 0.359. The van der Waals surface area contributed by atoms with E-state index < -0.39 is 4.92 Å². The van der Waals surface area contributed by atoms with Gasteiger partial charge in [-0.3, -0.25) is 14.9 Å². The van der Waals surface area contributed by atoms with Crippen LogP contribution in [0.2, 0.25) is 0 Å². The lowest BCUT2D eigenvalue weighted by Crippen LogP contribution is -2.24. The standard InChI is InChI=1S/C20H18N8O3/c1-14-19(24-25-27(14)17-3-2-4-18(9-17)28(30)31)20(29)22-10-15-5-7-16(8-6-15)11-26-13-21-12-23-26/h2-9,12-13H,10-11H2,1H3,(H,22,29). The molecule has 31 heavy (non-hydrogen) atoms. The van der Waals surface area contributed by atoms with E-state index in [0.717, 1.165) is 11.1 Å². The Morgan fingerprint density at radius 3 is 2.65 bits per heavy atom. The van der Waals surface area contributed by atoms with E-state index in [2.05, 4.69) is 25.7 Å². The molecule has 0 radical (unpaired) electrons. The largest absolute Gasteiger partial charge is 0.347 e. The van der Waals surface area contributed by atoms with Crippen LogP contribution in [0.15, 0.2) is 61.2 Å². The Morgan fingerprint density at radius 1 is 1.16 bits per heavy atom. The van der Waals surface area contributed by atoms with Gasteiger partial charge >= 0.3 is 0 Å². The van der Waals surface area contributed by atoms with Gasteiger partial charge in [0.2, 0.25) is 0 Å². The monoisotopic (exact) mass is 418 g/mol. The number of carbonyl (C=O) groups is 1. The molecule has 0 saturated carbocycles. The third kappa shape index (κ3) is 4.45. The zero-order valence-electron chi connectivity index (χ0n) is 16.5. The van der Waals surface area contributed by atoms with E-state index in [9.17, 15) is 14.9 Å². The summed E-state index contributed by atoms with van der Waals surface area (Å²) in [4.78, 5) is 27.0. The Labute approximate surface area is 176 Å². The Morgan fingerprint density at radius 2 is 1.94 bits per heavy atom. The van der Waals surface area contributed by atoms with Crippen molar-refractivity contribution >= 4 is 11.6 Å². The van der Waals surface area contributed by atoms with Crippen molar-refractivity contribution in [2.45, 2.75) is 20.0 Å². The summed E-state index contributed by atoms with van der Waals surface area (Å²) in [5.41, 5.74) is 3.04. The van der Waals surface area contributed by atoms with Gasteiger partial charge in [-0.05, 0) is 24.1 Å². The second-order valence-electron chi connectivity index (χ2n) is 6.80. The number of nitrogens with one attached hydrogen (secondary N) is 1. The fraction of sp³-hybridized carbons (Fsp3) is 0.150. The van der Waals surface area contributed by atoms with Crippen LogP contribution in [-0.2, 0) is 13.1 Å². The first kappa shape index (κ1) is 19.9. The molecule has 4 aromatic rings. The number of rotatable bonds is 7. The summed E-state index contributed by atoms with van der Waals surface area (Å²) in [5, 5.41) is 25.8. The molecule has 0 saturated heterocycles. The predicted molar refractivity (Wildman–Crippen MR) is 109 cm³/mol. The Balaban J connectivity index is 1.41. The molecule has 0 aliphatic rings. The lowest BCUT2D eigenvalue weighted by atomic mass is 10.1. The van der Waals surface area contributed by atoms with Crippen LogP contribution < -0.4 is 5.32 Å². The number of hydrogen-bond donors (Lipinski definition) is 1. The first-order valence-electron chi connectivity index (χ1n) is 9.37. The third-order valence-electron chi connectivity index (χ3n) is 4.68. The van der Waals surface area contributed by atoms with Gasteiger partial charge in [0.05, 0.1) is 22.8 Å². The van der Waals surface area contributed by atoms with Crippen molar-refractivity contribution in [1.82, 2.24) is 35.1 Å². The zero-order valence-corrected chi connectivity index (χ0v) is 16.5. The SMILES string of the molecule is Cc1c(C(=O)NCc2ccc(Cn3cncn3)cc2)nnn1-c1cccc([N+](=O)[O-])c1. The molecular weight excluding hydrogens is 400 g/mol. The van der Waals surface area contributed by atoms with Crippen LogP contribution in [0.3, 0.4) is 0 Å². The molecule has 1 amide bonds. The van der Waals surface area contributed by atoms with Gasteiger partial charge in [0, 0.05) is 18.7 Å². The molecular formula is C20H18N8O3. The van der Waals surface area contributed by atoms with E-state index in [4.69, 9.17) is 0 Å². The van der Waals surface area contributed by atoms with Gasteiger partial charge in [0.25, 0.3) is 11.6 Å². The minimum atomic E-state index is -0.486. The number of carbonyl (C=O) groups excluding carboxylic acids is 1. The molecule has 2 aromatic heterocycles. The van der Waals surface area contributed by atoms with Crippen molar-refractivity contribution in [2.75, 3.05) is 0 Å². The topological polar surface area (TPSA) is 134 Å². The molecule has 2 heterocycles. The third-order valence-corrected chi connectivity index (χ3v) is 4.68. The number of nitrogens with zero attached hydrogens (tertiary/aromatic N) is 7. The number of nitro benzene ring substituents is 1. The average Bonchev–Trinajstić information content (AvgIpc) is 3.42. The summed E-state index contributed by atoms with van der Waals surface area (Å²) in [6.45, 7) is 2.63. The molecule has 0 aliphatic heterocycles. The number of aromatic nitrogens is 6. The molecule has 0 atom stereocenters. The molecule has 11 heteroatoms. The molecule has 1 N–H and O–H groups in total. The van der Waals surface area contributed by atoms with Gasteiger partial charge in [-0.25, -0.2) is 14.3 Å². The highest BCUT2D eigenvalue weighted by Gasteiger charge is 2.18. The minimum Gasteiger partial charge on any atom is -0.347 e. The van der Waals surface area contributed by atoms with Crippen molar-refractivity contribution in [3.63, 3.8) is 0 Å². The predicted octanol–water partition coefficient (Wildman–Crippen LogP) is 2.05. The normalized spacial score (nSPS) is 10.7. The van der Waals surface area contributed by atoms with E-state index >= 15 is 0 Å². The van der Waals surface area contributed by atoms with Crippen LogP contribution >= 0.6 is 0 Å². The van der Waals surface area contributed by atoms with E-state index in [1.807, 2.05) is 24.3 Å². The highest BCUT2D eigenvalue weighted by Crippen LogP contribution is 2.18. The molecule has 0 fully saturated rings. The lowest BCUT2D eigenvalue weighted by Gasteiger charge is -2.07. The Bertz CT molecular complexity index is 1220. The number of nitro groups is 1. The Hall–Kier alpha value is -4.41. The van der Waals surface area contributed by atoms with Crippen LogP contribution in [0.1, 0.15) is 27.3 Å². The molecule has 11 nitrogen and oxygen atoms in total. The second kappa shape index (κ2) is 8.53. The van der Waals surface area contributed by atoms with Crippen molar-refractivity contribution in [3.8, 4) is 5.69 Å². The van der Waals surface area contributed by atoms with Crippen molar-refractivity contribution in [3.05, 3.63) is 93.8 Å². The smallest absolute Gasteiger partial charge is 0.274 e. The first-order valence-corrected chi connectivity index (χ1v) is 9.37. The van der Waals surface area contributed by atoms with E-state index in [1.165, 1.54) is 23.1 Å². The zero-order chi connectivity index (χ0) is 21.8. The molecule has 0 bridgehead atoms. The molecule has 0 spiro atoms. The fourth-order valence-corrected chi connectivity index (χ4v) is 3.05. The fourth-order valence-electron chi connectivity index (χ4n) is 3.05. The first-order chi connectivity index (χ1) is 15.0.